The molecule has 0 bridgehead atoms. The number of rotatable bonds is 9. The van der Waals surface area contributed by atoms with E-state index in [9.17, 15) is 0 Å². The van der Waals surface area contributed by atoms with Crippen LogP contribution in [0, 0.1) is 0 Å². The topological polar surface area (TPSA) is 64.6 Å². The van der Waals surface area contributed by atoms with E-state index < -0.39 is 0 Å². The molecule has 3 rings (SSSR count). The number of guanidine groups is 1. The van der Waals surface area contributed by atoms with Crippen LogP contribution in [-0.2, 0) is 16.0 Å². The van der Waals surface area contributed by atoms with Gasteiger partial charge in [-0.2, -0.15) is 0 Å². The highest BCUT2D eigenvalue weighted by Crippen LogP contribution is 2.28. The van der Waals surface area contributed by atoms with Crippen LogP contribution in [0.2, 0.25) is 0 Å². The van der Waals surface area contributed by atoms with Crippen LogP contribution < -0.4 is 14.8 Å². The van der Waals surface area contributed by atoms with Crippen molar-refractivity contribution < 1.29 is 18.9 Å². The minimum Gasteiger partial charge on any atom is -0.493 e. The first-order valence-corrected chi connectivity index (χ1v) is 11.8. The number of aliphatic imine (C=N–C) groups is 1. The number of likely N-dealkylation sites (tertiary alicyclic amines) is 1. The Kier molecular flexibility index (Phi) is 9.75. The molecule has 2 heterocycles. The lowest BCUT2D eigenvalue weighted by Crippen LogP contribution is -2.47. The molecule has 7 nitrogen and oxygen atoms in total. The van der Waals surface area contributed by atoms with Gasteiger partial charge in [0.25, 0.3) is 0 Å². The Morgan fingerprint density at radius 3 is 2.68 bits per heavy atom. The van der Waals surface area contributed by atoms with Gasteiger partial charge in [0.1, 0.15) is 0 Å². The first kappa shape index (κ1) is 23.7. The molecule has 0 aromatic heterocycles. The monoisotopic (exact) mass is 433 g/mol. The minimum atomic E-state index is 0.289. The lowest BCUT2D eigenvalue weighted by atomic mass is 10.1. The summed E-state index contributed by atoms with van der Waals surface area (Å²) in [5.41, 5.74) is 1.10. The molecule has 0 aliphatic carbocycles. The Balaban J connectivity index is 1.51. The summed E-state index contributed by atoms with van der Waals surface area (Å²) < 4.78 is 23.0. The van der Waals surface area contributed by atoms with Crippen LogP contribution in [0.3, 0.4) is 0 Å². The van der Waals surface area contributed by atoms with Crippen LogP contribution in [-0.4, -0.2) is 69.6 Å². The number of methoxy groups -OCH3 is 1. The van der Waals surface area contributed by atoms with Gasteiger partial charge in [-0.1, -0.05) is 6.07 Å². The van der Waals surface area contributed by atoms with Crippen molar-refractivity contribution in [2.75, 3.05) is 46.6 Å². The summed E-state index contributed by atoms with van der Waals surface area (Å²) in [6.07, 6.45) is 6.23. The quantitative estimate of drug-likeness (QED) is 0.474. The van der Waals surface area contributed by atoms with E-state index in [-0.39, 0.29) is 6.10 Å². The third-order valence-corrected chi connectivity index (χ3v) is 5.81. The van der Waals surface area contributed by atoms with Crippen LogP contribution in [0.4, 0.5) is 0 Å². The van der Waals surface area contributed by atoms with Gasteiger partial charge in [-0.05, 0) is 63.6 Å². The van der Waals surface area contributed by atoms with Crippen LogP contribution in [0.1, 0.15) is 51.5 Å². The molecule has 2 saturated heterocycles. The average Bonchev–Trinajstić information content (AvgIpc) is 2.82. The number of nitrogens with zero attached hydrogens (tertiary/aromatic N) is 2. The molecule has 7 heteroatoms. The molecule has 1 unspecified atom stereocenters. The second-order valence-electron chi connectivity index (χ2n) is 8.10. The lowest BCUT2D eigenvalue weighted by Gasteiger charge is -2.35. The van der Waals surface area contributed by atoms with Crippen molar-refractivity contribution in [1.29, 1.82) is 0 Å². The normalized spacial score (nSPS) is 20.5. The molecule has 174 valence electrons. The van der Waals surface area contributed by atoms with Crippen LogP contribution in [0.25, 0.3) is 0 Å². The van der Waals surface area contributed by atoms with Crippen LogP contribution in [0.5, 0.6) is 11.5 Å². The van der Waals surface area contributed by atoms with Crippen LogP contribution in [0.15, 0.2) is 23.2 Å². The third-order valence-electron chi connectivity index (χ3n) is 5.81. The lowest BCUT2D eigenvalue weighted by molar-refractivity contribution is -0.0721. The van der Waals surface area contributed by atoms with E-state index in [2.05, 4.69) is 17.1 Å². The fraction of sp³-hybridized carbons (Fsp3) is 0.708. The summed E-state index contributed by atoms with van der Waals surface area (Å²) in [4.78, 5) is 7.22. The smallest absolute Gasteiger partial charge is 0.194 e. The summed E-state index contributed by atoms with van der Waals surface area (Å²) in [6, 6.07) is 6.01. The van der Waals surface area contributed by atoms with Gasteiger partial charge in [-0.3, -0.25) is 0 Å². The zero-order valence-electron chi connectivity index (χ0n) is 19.4. The largest absolute Gasteiger partial charge is 0.493 e. The van der Waals surface area contributed by atoms with Gasteiger partial charge in [0.15, 0.2) is 17.5 Å². The van der Waals surface area contributed by atoms with Gasteiger partial charge in [-0.15, -0.1) is 0 Å². The first-order chi connectivity index (χ1) is 15.2. The Morgan fingerprint density at radius 2 is 2.00 bits per heavy atom. The van der Waals surface area contributed by atoms with Crippen molar-refractivity contribution in [1.82, 2.24) is 10.2 Å². The molecule has 2 aliphatic rings. The fourth-order valence-corrected chi connectivity index (χ4v) is 4.09. The number of piperidine rings is 1. The van der Waals surface area contributed by atoms with E-state index in [0.29, 0.717) is 19.3 Å². The van der Waals surface area contributed by atoms with Gasteiger partial charge in [0.2, 0.25) is 0 Å². The number of nitrogens with one attached hydrogen (secondary N) is 1. The molecule has 2 aliphatic heterocycles. The van der Waals surface area contributed by atoms with Crippen molar-refractivity contribution in [2.45, 2.75) is 64.7 Å². The van der Waals surface area contributed by atoms with Crippen molar-refractivity contribution in [3.05, 3.63) is 23.8 Å². The van der Waals surface area contributed by atoms with Gasteiger partial charge in [0, 0.05) is 26.2 Å². The highest BCUT2D eigenvalue weighted by Gasteiger charge is 2.23. The molecule has 0 amide bonds. The zero-order valence-corrected chi connectivity index (χ0v) is 19.4. The maximum absolute atomic E-state index is 6.16. The number of hydrogen-bond donors (Lipinski definition) is 1. The second-order valence-corrected chi connectivity index (χ2v) is 8.10. The van der Waals surface area contributed by atoms with Crippen molar-refractivity contribution in [3.8, 4) is 11.5 Å². The van der Waals surface area contributed by atoms with Gasteiger partial charge in [0.05, 0.1) is 39.1 Å². The number of ether oxygens (including phenoxy) is 4. The van der Waals surface area contributed by atoms with Crippen LogP contribution >= 0.6 is 0 Å². The summed E-state index contributed by atoms with van der Waals surface area (Å²) in [6.45, 7) is 9.66. The van der Waals surface area contributed by atoms with Crippen molar-refractivity contribution in [2.24, 2.45) is 4.99 Å². The van der Waals surface area contributed by atoms with Gasteiger partial charge in [-0.25, -0.2) is 4.99 Å². The number of benzene rings is 1. The minimum absolute atomic E-state index is 0.289. The molecule has 1 atom stereocenters. The standard InChI is InChI=1S/C24H39N3O4/c1-4-25-24(26-17-19-9-10-22(29-5-2)23(16-19)28-3)27-13-11-20(12-14-27)31-18-21-8-6-7-15-30-21/h9-10,16,20-21H,4-8,11-15,17-18H2,1-3H3,(H,25,26). The fourth-order valence-electron chi connectivity index (χ4n) is 4.09. The first-order valence-electron chi connectivity index (χ1n) is 11.8. The SMILES string of the molecule is CCNC(=NCc1ccc(OCC)c(OC)c1)N1CCC(OCC2CCCCO2)CC1. The maximum Gasteiger partial charge on any atom is 0.194 e. The van der Waals surface area contributed by atoms with Crippen molar-refractivity contribution >= 4 is 5.96 Å². The summed E-state index contributed by atoms with van der Waals surface area (Å²) in [7, 11) is 1.67. The molecule has 2 fully saturated rings. The predicted octanol–water partition coefficient (Wildman–Crippen LogP) is 3.61. The summed E-state index contributed by atoms with van der Waals surface area (Å²) >= 11 is 0. The highest BCUT2D eigenvalue weighted by atomic mass is 16.5. The molecule has 0 saturated carbocycles. The molecule has 31 heavy (non-hydrogen) atoms. The van der Waals surface area contributed by atoms with E-state index in [4.69, 9.17) is 23.9 Å². The maximum atomic E-state index is 6.16. The molecular formula is C24H39N3O4. The third kappa shape index (κ3) is 7.28. The summed E-state index contributed by atoms with van der Waals surface area (Å²) in [5, 5.41) is 3.44. The Labute approximate surface area is 187 Å². The molecular weight excluding hydrogens is 394 g/mol. The van der Waals surface area contributed by atoms with Gasteiger partial charge < -0.3 is 29.2 Å². The average molecular weight is 434 g/mol. The molecule has 0 spiro atoms. The number of hydrogen-bond acceptors (Lipinski definition) is 5. The van der Waals surface area contributed by atoms with E-state index in [1.807, 2.05) is 25.1 Å². The zero-order chi connectivity index (χ0) is 21.9. The predicted molar refractivity (Wildman–Crippen MR) is 123 cm³/mol. The van der Waals surface area contributed by atoms with Gasteiger partial charge >= 0.3 is 0 Å². The van der Waals surface area contributed by atoms with E-state index >= 15 is 0 Å². The van der Waals surface area contributed by atoms with E-state index in [1.165, 1.54) is 12.8 Å². The Bertz CT molecular complexity index is 683. The van der Waals surface area contributed by atoms with E-state index in [1.54, 1.807) is 7.11 Å². The molecule has 0 radical (unpaired) electrons. The second kappa shape index (κ2) is 12.8. The summed E-state index contributed by atoms with van der Waals surface area (Å²) in [5.74, 6) is 2.48. The highest BCUT2D eigenvalue weighted by molar-refractivity contribution is 5.80. The molecule has 1 N–H and O–H groups in total. The molecule has 1 aromatic carbocycles. The van der Waals surface area contributed by atoms with E-state index in [0.717, 1.165) is 75.1 Å². The molecule has 1 aromatic rings. The van der Waals surface area contributed by atoms with Crippen molar-refractivity contribution in [3.63, 3.8) is 0 Å². The Morgan fingerprint density at radius 1 is 1.16 bits per heavy atom. The Hall–Kier alpha value is -1.99.